The van der Waals surface area contributed by atoms with E-state index in [1.54, 1.807) is 6.08 Å². The van der Waals surface area contributed by atoms with Crippen LogP contribution in [0.25, 0.3) is 6.08 Å². The van der Waals surface area contributed by atoms with Gasteiger partial charge in [0.25, 0.3) is 0 Å². The van der Waals surface area contributed by atoms with Gasteiger partial charge in [0.15, 0.2) is 0 Å². The van der Waals surface area contributed by atoms with Gasteiger partial charge in [-0.15, -0.1) is 0 Å². The molecule has 2 aromatic carbocycles. The molecule has 0 unspecified atom stereocenters. The first kappa shape index (κ1) is 16.5. The van der Waals surface area contributed by atoms with Crippen LogP contribution in [0.5, 0.6) is 5.75 Å². The minimum Gasteiger partial charge on any atom is -0.494 e. The minimum absolute atomic E-state index is 0.141. The zero-order valence-corrected chi connectivity index (χ0v) is 14.8. The van der Waals surface area contributed by atoms with Gasteiger partial charge in [0.1, 0.15) is 5.75 Å². The number of aryl methyl sites for hydroxylation is 1. The van der Waals surface area contributed by atoms with Crippen LogP contribution in [0.4, 0.5) is 5.69 Å². The number of halogens is 1. The monoisotopic (exact) mass is 407 g/mol. The molecule has 0 radical (unpaired) electrons. The number of carbonyl (C=O) groups is 1. The smallest absolute Gasteiger partial charge is 0.248 e. The van der Waals surface area contributed by atoms with Gasteiger partial charge in [-0.1, -0.05) is 12.1 Å². The Balaban J connectivity index is 1.98. The summed E-state index contributed by atoms with van der Waals surface area (Å²) < 4.78 is 6.54. The van der Waals surface area contributed by atoms with Crippen LogP contribution in [0, 0.1) is 10.5 Å². The molecule has 0 aliphatic heterocycles. The van der Waals surface area contributed by atoms with E-state index in [-0.39, 0.29) is 5.91 Å². The average Bonchev–Trinajstić information content (AvgIpc) is 2.50. The highest BCUT2D eigenvalue weighted by Crippen LogP contribution is 2.18. The molecule has 4 heteroatoms. The van der Waals surface area contributed by atoms with Crippen LogP contribution in [-0.2, 0) is 4.79 Å². The molecule has 114 valence electrons. The number of nitrogens with one attached hydrogen (secondary N) is 1. The Bertz CT molecular complexity index is 678. The summed E-state index contributed by atoms with van der Waals surface area (Å²) in [6.45, 7) is 4.58. The van der Waals surface area contributed by atoms with Crippen molar-refractivity contribution in [2.75, 3.05) is 11.9 Å². The Labute approximate surface area is 144 Å². The third kappa shape index (κ3) is 4.87. The van der Waals surface area contributed by atoms with Crippen molar-refractivity contribution in [3.63, 3.8) is 0 Å². The molecule has 0 saturated heterocycles. The number of rotatable bonds is 5. The normalized spacial score (nSPS) is 10.7. The number of ether oxygens (including phenoxy) is 1. The number of hydrogen-bond acceptors (Lipinski definition) is 2. The molecule has 1 amide bonds. The molecule has 0 saturated carbocycles. The van der Waals surface area contributed by atoms with Crippen molar-refractivity contribution >= 4 is 40.3 Å². The van der Waals surface area contributed by atoms with Crippen LogP contribution >= 0.6 is 22.6 Å². The fraction of sp³-hybridized carbons (Fsp3) is 0.167. The number of anilines is 1. The lowest BCUT2D eigenvalue weighted by molar-refractivity contribution is -0.111. The summed E-state index contributed by atoms with van der Waals surface area (Å²) >= 11 is 2.25. The lowest BCUT2D eigenvalue weighted by atomic mass is 10.2. The van der Waals surface area contributed by atoms with Crippen molar-refractivity contribution in [1.82, 2.24) is 0 Å². The standard InChI is InChI=1S/C18H18INO2/c1-3-22-16-8-4-14(5-9-16)6-11-18(21)20-17-10-7-15(19)12-13(17)2/h4-12H,3H2,1-2H3,(H,20,21). The Morgan fingerprint density at radius 1 is 1.23 bits per heavy atom. The highest BCUT2D eigenvalue weighted by atomic mass is 127. The van der Waals surface area contributed by atoms with E-state index in [1.807, 2.05) is 56.3 Å². The van der Waals surface area contributed by atoms with Crippen LogP contribution < -0.4 is 10.1 Å². The average molecular weight is 407 g/mol. The fourth-order valence-electron chi connectivity index (χ4n) is 1.96. The van der Waals surface area contributed by atoms with Crippen LogP contribution in [0.3, 0.4) is 0 Å². The van der Waals surface area contributed by atoms with Crippen LogP contribution in [0.2, 0.25) is 0 Å². The van der Waals surface area contributed by atoms with Crippen molar-refractivity contribution < 1.29 is 9.53 Å². The van der Waals surface area contributed by atoms with Gasteiger partial charge in [-0.2, -0.15) is 0 Å². The zero-order chi connectivity index (χ0) is 15.9. The molecule has 0 aliphatic rings. The van der Waals surface area contributed by atoms with E-state index in [9.17, 15) is 4.79 Å². The predicted molar refractivity (Wildman–Crippen MR) is 99.2 cm³/mol. The van der Waals surface area contributed by atoms with Gasteiger partial charge >= 0.3 is 0 Å². The molecule has 2 aromatic rings. The summed E-state index contributed by atoms with van der Waals surface area (Å²) in [7, 11) is 0. The maximum absolute atomic E-state index is 12.0. The molecular formula is C18H18INO2. The maximum atomic E-state index is 12.0. The zero-order valence-electron chi connectivity index (χ0n) is 12.6. The largest absolute Gasteiger partial charge is 0.494 e. The number of hydrogen-bond donors (Lipinski definition) is 1. The Hall–Kier alpha value is -1.82. The molecule has 0 spiro atoms. The lowest BCUT2D eigenvalue weighted by Gasteiger charge is -2.06. The number of benzene rings is 2. The molecule has 0 heterocycles. The summed E-state index contributed by atoms with van der Waals surface area (Å²) in [4.78, 5) is 12.0. The van der Waals surface area contributed by atoms with E-state index in [4.69, 9.17) is 4.74 Å². The summed E-state index contributed by atoms with van der Waals surface area (Å²) in [5, 5.41) is 2.89. The van der Waals surface area contributed by atoms with Gasteiger partial charge in [-0.25, -0.2) is 0 Å². The van der Waals surface area contributed by atoms with Gasteiger partial charge in [0.2, 0.25) is 5.91 Å². The number of carbonyl (C=O) groups excluding carboxylic acids is 1. The molecule has 3 nitrogen and oxygen atoms in total. The molecule has 1 N–H and O–H groups in total. The predicted octanol–water partition coefficient (Wildman–Crippen LogP) is 4.65. The summed E-state index contributed by atoms with van der Waals surface area (Å²) in [6.07, 6.45) is 3.32. The third-order valence-electron chi connectivity index (χ3n) is 3.06. The van der Waals surface area contributed by atoms with E-state index in [0.717, 1.165) is 26.1 Å². The van der Waals surface area contributed by atoms with E-state index >= 15 is 0 Å². The summed E-state index contributed by atoms with van der Waals surface area (Å²) in [5.41, 5.74) is 2.84. The first-order valence-corrected chi connectivity index (χ1v) is 8.14. The van der Waals surface area contributed by atoms with Crippen molar-refractivity contribution in [2.24, 2.45) is 0 Å². The molecule has 2 rings (SSSR count). The van der Waals surface area contributed by atoms with Crippen LogP contribution in [0.15, 0.2) is 48.5 Å². The Morgan fingerprint density at radius 2 is 1.95 bits per heavy atom. The molecule has 0 bridgehead atoms. The van der Waals surface area contributed by atoms with Crippen LogP contribution in [0.1, 0.15) is 18.1 Å². The quantitative estimate of drug-likeness (QED) is 0.579. The molecule has 22 heavy (non-hydrogen) atoms. The highest BCUT2D eigenvalue weighted by molar-refractivity contribution is 14.1. The van der Waals surface area contributed by atoms with Gasteiger partial charge in [-0.3, -0.25) is 4.79 Å². The fourth-order valence-corrected chi connectivity index (χ4v) is 2.60. The first-order valence-electron chi connectivity index (χ1n) is 7.06. The molecule has 0 aromatic heterocycles. The van der Waals surface area contributed by atoms with Gasteiger partial charge in [-0.05, 0) is 84.0 Å². The highest BCUT2D eigenvalue weighted by Gasteiger charge is 2.02. The Morgan fingerprint density at radius 3 is 2.59 bits per heavy atom. The second kappa shape index (κ2) is 7.98. The molecular weight excluding hydrogens is 389 g/mol. The van der Waals surface area contributed by atoms with Crippen LogP contribution in [-0.4, -0.2) is 12.5 Å². The van der Waals surface area contributed by atoms with Crippen molar-refractivity contribution in [3.05, 3.63) is 63.2 Å². The topological polar surface area (TPSA) is 38.3 Å². The third-order valence-corrected chi connectivity index (χ3v) is 3.74. The number of amides is 1. The van der Waals surface area contributed by atoms with Crippen molar-refractivity contribution in [3.8, 4) is 5.75 Å². The SMILES string of the molecule is CCOc1ccc(C=CC(=O)Nc2ccc(I)cc2C)cc1. The first-order chi connectivity index (χ1) is 10.6. The van der Waals surface area contributed by atoms with E-state index in [0.29, 0.717) is 6.61 Å². The second-order valence-corrected chi connectivity index (χ2v) is 6.03. The molecule has 0 atom stereocenters. The maximum Gasteiger partial charge on any atom is 0.248 e. The molecule has 0 aliphatic carbocycles. The van der Waals surface area contributed by atoms with Gasteiger partial charge < -0.3 is 10.1 Å². The van der Waals surface area contributed by atoms with E-state index in [1.165, 1.54) is 6.08 Å². The van der Waals surface area contributed by atoms with E-state index < -0.39 is 0 Å². The summed E-state index contributed by atoms with van der Waals surface area (Å²) in [6, 6.07) is 13.6. The van der Waals surface area contributed by atoms with Crippen molar-refractivity contribution in [1.29, 1.82) is 0 Å². The minimum atomic E-state index is -0.141. The Kier molecular flexibility index (Phi) is 6.00. The lowest BCUT2D eigenvalue weighted by Crippen LogP contribution is -2.08. The summed E-state index contributed by atoms with van der Waals surface area (Å²) in [5.74, 6) is 0.691. The van der Waals surface area contributed by atoms with E-state index in [2.05, 4.69) is 27.9 Å². The van der Waals surface area contributed by atoms with Crippen molar-refractivity contribution in [2.45, 2.75) is 13.8 Å². The second-order valence-electron chi connectivity index (χ2n) is 4.78. The molecule has 0 fully saturated rings. The van der Waals surface area contributed by atoms with Gasteiger partial charge in [0.05, 0.1) is 6.61 Å². The van der Waals surface area contributed by atoms with Gasteiger partial charge in [0, 0.05) is 15.3 Å².